The molecule has 0 aromatic heterocycles. The van der Waals surface area contributed by atoms with Crippen molar-refractivity contribution >= 4 is 5.91 Å². The number of para-hydroxylation sites is 1. The lowest BCUT2D eigenvalue weighted by Gasteiger charge is -2.48. The second-order valence-corrected chi connectivity index (χ2v) is 8.27. The van der Waals surface area contributed by atoms with Gasteiger partial charge in [-0.15, -0.1) is 0 Å². The molecule has 1 aromatic rings. The number of carbonyl (C=O) groups is 1. The summed E-state index contributed by atoms with van der Waals surface area (Å²) in [6, 6.07) is 8.86. The van der Waals surface area contributed by atoms with E-state index in [1.165, 1.54) is 5.56 Å². The van der Waals surface area contributed by atoms with Crippen molar-refractivity contribution in [3.05, 3.63) is 29.8 Å². The van der Waals surface area contributed by atoms with E-state index in [4.69, 9.17) is 9.47 Å². The zero-order chi connectivity index (χ0) is 18.1. The van der Waals surface area contributed by atoms with Gasteiger partial charge in [0.25, 0.3) is 0 Å². The van der Waals surface area contributed by atoms with Gasteiger partial charge in [0.15, 0.2) is 0 Å². The molecule has 5 heteroatoms. The second kappa shape index (κ2) is 7.20. The van der Waals surface area contributed by atoms with Crippen LogP contribution in [0.1, 0.15) is 43.6 Å². The first kappa shape index (κ1) is 17.8. The Kier molecular flexibility index (Phi) is 4.93. The molecule has 1 amide bonds. The second-order valence-electron chi connectivity index (χ2n) is 8.27. The molecule has 142 valence electrons. The van der Waals surface area contributed by atoms with Crippen molar-refractivity contribution in [3.8, 4) is 5.75 Å². The summed E-state index contributed by atoms with van der Waals surface area (Å²) in [6.45, 7) is 3.89. The summed E-state index contributed by atoms with van der Waals surface area (Å²) in [7, 11) is 3.68. The average Bonchev–Trinajstić information content (AvgIpc) is 3.17. The third-order valence-electron chi connectivity index (χ3n) is 6.35. The molecule has 0 bridgehead atoms. The minimum Gasteiger partial charge on any atom is -0.487 e. The van der Waals surface area contributed by atoms with Gasteiger partial charge in [-0.1, -0.05) is 18.2 Å². The van der Waals surface area contributed by atoms with Crippen molar-refractivity contribution in [3.63, 3.8) is 0 Å². The summed E-state index contributed by atoms with van der Waals surface area (Å²) in [4.78, 5) is 16.7. The number of amides is 1. The highest BCUT2D eigenvalue weighted by Gasteiger charge is 2.44. The van der Waals surface area contributed by atoms with Crippen LogP contribution in [0.4, 0.5) is 0 Å². The number of rotatable bonds is 3. The first-order valence-corrected chi connectivity index (χ1v) is 9.86. The van der Waals surface area contributed by atoms with Gasteiger partial charge in [-0.05, 0) is 37.3 Å². The molecular weight excluding hydrogens is 328 g/mol. The first-order chi connectivity index (χ1) is 12.6. The summed E-state index contributed by atoms with van der Waals surface area (Å²) >= 11 is 0. The van der Waals surface area contributed by atoms with Gasteiger partial charge in [-0.3, -0.25) is 9.69 Å². The van der Waals surface area contributed by atoms with Gasteiger partial charge in [-0.25, -0.2) is 0 Å². The summed E-state index contributed by atoms with van der Waals surface area (Å²) in [5.41, 5.74) is 1.07. The number of nitrogens with zero attached hydrogens (tertiary/aromatic N) is 2. The summed E-state index contributed by atoms with van der Waals surface area (Å²) < 4.78 is 12.1. The number of carbonyl (C=O) groups excluding carboxylic acids is 1. The van der Waals surface area contributed by atoms with Gasteiger partial charge in [0.05, 0.1) is 6.61 Å². The molecule has 0 saturated carbocycles. The van der Waals surface area contributed by atoms with E-state index in [9.17, 15) is 4.79 Å². The first-order valence-electron chi connectivity index (χ1n) is 9.86. The molecule has 0 N–H and O–H groups in total. The Labute approximate surface area is 156 Å². The average molecular weight is 358 g/mol. The summed E-state index contributed by atoms with van der Waals surface area (Å²) in [5.74, 6) is 1.42. The largest absolute Gasteiger partial charge is 0.487 e. The van der Waals surface area contributed by atoms with E-state index in [1.54, 1.807) is 4.90 Å². The van der Waals surface area contributed by atoms with Gasteiger partial charge in [0, 0.05) is 52.2 Å². The Bertz CT molecular complexity index is 646. The standard InChI is InChI=1S/C21H30N2O3/c1-22(2)20(24)13-16-14-21(26-19-6-4-3-5-18(16)19)8-10-23(11-9-21)17-7-12-25-15-17/h3-6,16-17H,7-15H2,1-2H3/t16-,17+/m0/s1. The molecule has 1 spiro atoms. The highest BCUT2D eigenvalue weighted by molar-refractivity contribution is 5.76. The molecule has 0 radical (unpaired) electrons. The predicted octanol–water partition coefficient (Wildman–Crippen LogP) is 2.65. The molecule has 2 fully saturated rings. The normalized spacial score (nSPS) is 27.8. The summed E-state index contributed by atoms with van der Waals surface area (Å²) in [6.07, 6.45) is 4.72. The highest BCUT2D eigenvalue weighted by Crippen LogP contribution is 2.46. The van der Waals surface area contributed by atoms with Crippen LogP contribution in [-0.4, -0.2) is 67.7 Å². The van der Waals surface area contributed by atoms with Crippen LogP contribution < -0.4 is 4.74 Å². The van der Waals surface area contributed by atoms with Gasteiger partial charge in [0.2, 0.25) is 5.91 Å². The van der Waals surface area contributed by atoms with Crippen LogP contribution in [0.15, 0.2) is 24.3 Å². The molecule has 4 rings (SSSR count). The maximum atomic E-state index is 12.4. The monoisotopic (exact) mass is 358 g/mol. The van der Waals surface area contributed by atoms with E-state index in [-0.39, 0.29) is 17.4 Å². The fourth-order valence-corrected chi connectivity index (χ4v) is 4.73. The Morgan fingerprint density at radius 2 is 2.04 bits per heavy atom. The van der Waals surface area contributed by atoms with E-state index in [1.807, 2.05) is 20.2 Å². The maximum absolute atomic E-state index is 12.4. The molecule has 5 nitrogen and oxygen atoms in total. The van der Waals surface area contributed by atoms with Crippen LogP contribution in [-0.2, 0) is 9.53 Å². The van der Waals surface area contributed by atoms with E-state index in [2.05, 4.69) is 23.1 Å². The number of likely N-dealkylation sites (tertiary alicyclic amines) is 1. The van der Waals surface area contributed by atoms with Crippen LogP contribution in [0.3, 0.4) is 0 Å². The molecule has 2 atom stereocenters. The Balaban J connectivity index is 1.50. The topological polar surface area (TPSA) is 42.0 Å². The van der Waals surface area contributed by atoms with Crippen molar-refractivity contribution in [2.75, 3.05) is 40.4 Å². The van der Waals surface area contributed by atoms with Crippen LogP contribution in [0.5, 0.6) is 5.75 Å². The third kappa shape index (κ3) is 3.47. The zero-order valence-electron chi connectivity index (χ0n) is 15.9. The van der Waals surface area contributed by atoms with Crippen molar-refractivity contribution in [1.29, 1.82) is 0 Å². The molecule has 1 aromatic carbocycles. The number of hydrogen-bond donors (Lipinski definition) is 0. The molecule has 0 unspecified atom stereocenters. The molecule has 3 aliphatic heterocycles. The fourth-order valence-electron chi connectivity index (χ4n) is 4.73. The minimum atomic E-state index is -0.123. The van der Waals surface area contributed by atoms with Gasteiger partial charge < -0.3 is 14.4 Å². The van der Waals surface area contributed by atoms with Gasteiger partial charge >= 0.3 is 0 Å². The number of hydrogen-bond acceptors (Lipinski definition) is 4. The van der Waals surface area contributed by atoms with Crippen LogP contribution in [0.25, 0.3) is 0 Å². The van der Waals surface area contributed by atoms with E-state index in [0.717, 1.165) is 57.7 Å². The van der Waals surface area contributed by atoms with Crippen LogP contribution >= 0.6 is 0 Å². The van der Waals surface area contributed by atoms with E-state index < -0.39 is 0 Å². The van der Waals surface area contributed by atoms with Crippen LogP contribution in [0.2, 0.25) is 0 Å². The van der Waals surface area contributed by atoms with Gasteiger partial charge in [0.1, 0.15) is 11.4 Å². The molecule has 26 heavy (non-hydrogen) atoms. The van der Waals surface area contributed by atoms with Crippen molar-refractivity contribution in [2.24, 2.45) is 0 Å². The maximum Gasteiger partial charge on any atom is 0.222 e. The lowest BCUT2D eigenvalue weighted by molar-refractivity contribution is -0.129. The zero-order valence-corrected chi connectivity index (χ0v) is 15.9. The van der Waals surface area contributed by atoms with Gasteiger partial charge in [-0.2, -0.15) is 0 Å². The number of ether oxygens (including phenoxy) is 2. The third-order valence-corrected chi connectivity index (χ3v) is 6.35. The minimum absolute atomic E-state index is 0.123. The smallest absolute Gasteiger partial charge is 0.222 e. The molecule has 0 aliphatic carbocycles. The fraction of sp³-hybridized carbons (Fsp3) is 0.667. The lowest BCUT2D eigenvalue weighted by atomic mass is 9.76. The highest BCUT2D eigenvalue weighted by atomic mass is 16.5. The van der Waals surface area contributed by atoms with E-state index >= 15 is 0 Å². The SMILES string of the molecule is CN(C)C(=O)C[C@H]1CC2(CCN([C@@H]3CCOC3)CC2)Oc2ccccc21. The molecule has 3 heterocycles. The molecule has 3 aliphatic rings. The van der Waals surface area contributed by atoms with Crippen LogP contribution in [0, 0.1) is 0 Å². The van der Waals surface area contributed by atoms with Crippen molar-refractivity contribution in [2.45, 2.75) is 49.7 Å². The lowest BCUT2D eigenvalue weighted by Crippen LogP contribution is -2.53. The Morgan fingerprint density at radius 1 is 1.27 bits per heavy atom. The summed E-state index contributed by atoms with van der Waals surface area (Å²) in [5, 5.41) is 0. The van der Waals surface area contributed by atoms with E-state index in [0.29, 0.717) is 12.5 Å². The Hall–Kier alpha value is -1.59. The molecular formula is C21H30N2O3. The quantitative estimate of drug-likeness (QED) is 0.833. The molecule has 2 saturated heterocycles. The number of fused-ring (bicyclic) bond motifs is 1. The van der Waals surface area contributed by atoms with Crippen molar-refractivity contribution < 1.29 is 14.3 Å². The number of piperidine rings is 1. The van der Waals surface area contributed by atoms with Crippen molar-refractivity contribution in [1.82, 2.24) is 9.80 Å². The predicted molar refractivity (Wildman–Crippen MR) is 101 cm³/mol. The Morgan fingerprint density at radius 3 is 2.73 bits per heavy atom. The number of benzene rings is 1.